The van der Waals surface area contributed by atoms with E-state index in [9.17, 15) is 4.39 Å². The van der Waals surface area contributed by atoms with Gasteiger partial charge in [0.05, 0.1) is 0 Å². The highest BCUT2D eigenvalue weighted by Gasteiger charge is 2.25. The molecule has 0 radical (unpaired) electrons. The molecule has 1 heterocycles. The maximum absolute atomic E-state index is 12.7. The highest BCUT2D eigenvalue weighted by atomic mass is 32.2. The van der Waals surface area contributed by atoms with Crippen molar-refractivity contribution >= 4 is 11.8 Å². The smallest absolute Gasteiger partial charge is 0.123 e. The van der Waals surface area contributed by atoms with Gasteiger partial charge in [-0.1, -0.05) is 6.92 Å². The van der Waals surface area contributed by atoms with Gasteiger partial charge in [0.1, 0.15) is 5.82 Å². The Bertz CT molecular complexity index is 345. The van der Waals surface area contributed by atoms with E-state index in [0.717, 1.165) is 30.3 Å². The maximum Gasteiger partial charge on any atom is 0.123 e. The van der Waals surface area contributed by atoms with E-state index < -0.39 is 0 Å². The molecule has 0 spiro atoms. The lowest BCUT2D eigenvalue weighted by atomic mass is 10.1. The van der Waals surface area contributed by atoms with Crippen LogP contribution in [-0.2, 0) is 0 Å². The van der Waals surface area contributed by atoms with Crippen LogP contribution in [0.5, 0.6) is 0 Å². The first-order valence-electron chi connectivity index (χ1n) is 6.01. The third-order valence-electron chi connectivity index (χ3n) is 3.24. The van der Waals surface area contributed by atoms with Crippen LogP contribution in [0.3, 0.4) is 0 Å². The summed E-state index contributed by atoms with van der Waals surface area (Å²) in [5.41, 5.74) is 5.98. The minimum absolute atomic E-state index is 0.173. The third kappa shape index (κ3) is 3.69. The van der Waals surface area contributed by atoms with E-state index in [1.54, 1.807) is 11.8 Å². The summed E-state index contributed by atoms with van der Waals surface area (Å²) >= 11 is 1.77. The second-order valence-corrected chi connectivity index (χ2v) is 5.87. The summed E-state index contributed by atoms with van der Waals surface area (Å²) in [5.74, 6) is 1.46. The van der Waals surface area contributed by atoms with Crippen LogP contribution in [0.15, 0.2) is 29.2 Å². The molecule has 4 heteroatoms. The molecule has 1 saturated heterocycles. The highest BCUT2D eigenvalue weighted by molar-refractivity contribution is 7.99. The standard InChI is InChI=1S/C13H19FN2S/c1-10-8-16(9-13(10)15)6-7-17-12-4-2-11(14)3-5-12/h2-5,10,13H,6-9,15H2,1H3. The molecular formula is C13H19FN2S. The lowest BCUT2D eigenvalue weighted by Gasteiger charge is -2.14. The van der Waals surface area contributed by atoms with E-state index in [1.165, 1.54) is 12.1 Å². The van der Waals surface area contributed by atoms with Crippen molar-refractivity contribution in [1.29, 1.82) is 0 Å². The molecule has 1 aliphatic heterocycles. The Labute approximate surface area is 106 Å². The van der Waals surface area contributed by atoms with E-state index in [4.69, 9.17) is 5.73 Å². The zero-order valence-electron chi connectivity index (χ0n) is 10.1. The molecule has 2 unspecified atom stereocenters. The molecule has 2 rings (SSSR count). The second kappa shape index (κ2) is 5.85. The predicted molar refractivity (Wildman–Crippen MR) is 70.7 cm³/mol. The van der Waals surface area contributed by atoms with Gasteiger partial charge in [0.15, 0.2) is 0 Å². The number of nitrogens with two attached hydrogens (primary N) is 1. The van der Waals surface area contributed by atoms with Crippen LogP contribution in [0.2, 0.25) is 0 Å². The summed E-state index contributed by atoms with van der Waals surface area (Å²) in [4.78, 5) is 3.54. The number of nitrogens with zero attached hydrogens (tertiary/aromatic N) is 1. The molecule has 0 aliphatic carbocycles. The van der Waals surface area contributed by atoms with Gasteiger partial charge in [0.25, 0.3) is 0 Å². The van der Waals surface area contributed by atoms with E-state index in [1.807, 2.05) is 12.1 Å². The summed E-state index contributed by atoms with van der Waals surface area (Å²) < 4.78 is 12.7. The topological polar surface area (TPSA) is 29.3 Å². The quantitative estimate of drug-likeness (QED) is 0.835. The van der Waals surface area contributed by atoms with Crippen molar-refractivity contribution in [2.45, 2.75) is 17.9 Å². The molecule has 1 fully saturated rings. The molecule has 0 saturated carbocycles. The number of hydrogen-bond donors (Lipinski definition) is 1. The molecule has 1 aromatic carbocycles. The van der Waals surface area contributed by atoms with Crippen molar-refractivity contribution in [3.05, 3.63) is 30.1 Å². The van der Waals surface area contributed by atoms with Gasteiger partial charge in [-0.25, -0.2) is 4.39 Å². The summed E-state index contributed by atoms with van der Waals surface area (Å²) in [6.45, 7) is 5.37. The van der Waals surface area contributed by atoms with Crippen molar-refractivity contribution in [3.8, 4) is 0 Å². The number of halogens is 1. The fourth-order valence-corrected chi connectivity index (χ4v) is 3.01. The largest absolute Gasteiger partial charge is 0.326 e. The first-order valence-corrected chi connectivity index (χ1v) is 7.00. The van der Waals surface area contributed by atoms with Gasteiger partial charge in [0.2, 0.25) is 0 Å². The van der Waals surface area contributed by atoms with E-state index >= 15 is 0 Å². The number of thioether (sulfide) groups is 1. The zero-order chi connectivity index (χ0) is 12.3. The van der Waals surface area contributed by atoms with Crippen LogP contribution in [-0.4, -0.2) is 36.3 Å². The highest BCUT2D eigenvalue weighted by Crippen LogP contribution is 2.20. The lowest BCUT2D eigenvalue weighted by Crippen LogP contribution is -2.29. The van der Waals surface area contributed by atoms with E-state index in [0.29, 0.717) is 12.0 Å². The SMILES string of the molecule is CC1CN(CCSc2ccc(F)cc2)CC1N. The fourth-order valence-electron chi connectivity index (χ4n) is 2.10. The minimum Gasteiger partial charge on any atom is -0.326 e. The van der Waals surface area contributed by atoms with Crippen molar-refractivity contribution < 1.29 is 4.39 Å². The Morgan fingerprint density at radius 3 is 2.65 bits per heavy atom. The Morgan fingerprint density at radius 2 is 2.06 bits per heavy atom. The molecule has 1 aromatic rings. The van der Waals surface area contributed by atoms with Gasteiger partial charge < -0.3 is 10.6 Å². The molecule has 0 amide bonds. The van der Waals surface area contributed by atoms with Gasteiger partial charge in [-0.05, 0) is 30.2 Å². The molecular weight excluding hydrogens is 235 g/mol. The summed E-state index contributed by atoms with van der Waals surface area (Å²) in [6, 6.07) is 7.01. The van der Waals surface area contributed by atoms with Crippen LogP contribution in [0.4, 0.5) is 4.39 Å². The number of likely N-dealkylation sites (tertiary alicyclic amines) is 1. The van der Waals surface area contributed by atoms with E-state index in [2.05, 4.69) is 11.8 Å². The van der Waals surface area contributed by atoms with Crippen LogP contribution >= 0.6 is 11.8 Å². The van der Waals surface area contributed by atoms with Crippen LogP contribution in [0, 0.1) is 11.7 Å². The normalized spacial score (nSPS) is 25.4. The molecule has 0 aromatic heterocycles. The molecule has 94 valence electrons. The zero-order valence-corrected chi connectivity index (χ0v) is 10.9. The fraction of sp³-hybridized carbons (Fsp3) is 0.538. The number of rotatable bonds is 4. The predicted octanol–water partition coefficient (Wildman–Crippen LogP) is 2.20. The molecule has 17 heavy (non-hydrogen) atoms. The summed E-state index contributed by atoms with van der Waals surface area (Å²) in [5, 5.41) is 0. The third-order valence-corrected chi connectivity index (χ3v) is 4.23. The van der Waals surface area contributed by atoms with Gasteiger partial charge in [-0.3, -0.25) is 0 Å². The average Bonchev–Trinajstić information content (AvgIpc) is 2.61. The van der Waals surface area contributed by atoms with Crippen LogP contribution in [0.1, 0.15) is 6.92 Å². The Morgan fingerprint density at radius 1 is 1.35 bits per heavy atom. The molecule has 2 atom stereocenters. The van der Waals surface area contributed by atoms with Crippen molar-refractivity contribution in [3.63, 3.8) is 0 Å². The van der Waals surface area contributed by atoms with Gasteiger partial charge in [-0.2, -0.15) is 0 Å². The Balaban J connectivity index is 1.71. The number of hydrogen-bond acceptors (Lipinski definition) is 3. The van der Waals surface area contributed by atoms with Crippen LogP contribution in [0.25, 0.3) is 0 Å². The maximum atomic E-state index is 12.7. The molecule has 2 N–H and O–H groups in total. The lowest BCUT2D eigenvalue weighted by molar-refractivity contribution is 0.348. The van der Waals surface area contributed by atoms with Gasteiger partial charge >= 0.3 is 0 Å². The van der Waals surface area contributed by atoms with Gasteiger partial charge in [-0.15, -0.1) is 11.8 Å². The number of benzene rings is 1. The first-order chi connectivity index (χ1) is 8.15. The van der Waals surface area contributed by atoms with Crippen molar-refractivity contribution in [2.24, 2.45) is 11.7 Å². The first kappa shape index (κ1) is 12.9. The average molecular weight is 254 g/mol. The Hall–Kier alpha value is -0.580. The summed E-state index contributed by atoms with van der Waals surface area (Å²) in [6.07, 6.45) is 0. The van der Waals surface area contributed by atoms with Crippen molar-refractivity contribution in [2.75, 3.05) is 25.4 Å². The van der Waals surface area contributed by atoms with E-state index in [-0.39, 0.29) is 5.82 Å². The summed E-state index contributed by atoms with van der Waals surface area (Å²) in [7, 11) is 0. The van der Waals surface area contributed by atoms with Crippen molar-refractivity contribution in [1.82, 2.24) is 4.90 Å². The molecule has 1 aliphatic rings. The molecule has 2 nitrogen and oxygen atoms in total. The molecule has 0 bridgehead atoms. The monoisotopic (exact) mass is 254 g/mol. The van der Waals surface area contributed by atoms with Crippen LogP contribution < -0.4 is 5.73 Å². The second-order valence-electron chi connectivity index (χ2n) is 4.70. The van der Waals surface area contributed by atoms with Gasteiger partial charge in [0, 0.05) is 36.3 Å². The Kier molecular flexibility index (Phi) is 4.42. The minimum atomic E-state index is -0.173.